The van der Waals surface area contributed by atoms with E-state index in [-0.39, 0.29) is 48.2 Å². The van der Waals surface area contributed by atoms with Gasteiger partial charge in [0.2, 0.25) is 0 Å². The highest BCUT2D eigenvalue weighted by Crippen LogP contribution is 2.51. The van der Waals surface area contributed by atoms with E-state index in [1.54, 1.807) is 0 Å². The second kappa shape index (κ2) is 8.51. The smallest absolute Gasteiger partial charge is 0.223 e. The number of halogens is 3. The molecule has 2 aromatic rings. The van der Waals surface area contributed by atoms with Crippen molar-refractivity contribution >= 4 is 31.6 Å². The molecule has 3 fully saturated rings. The third-order valence-electron chi connectivity index (χ3n) is 7.58. The first kappa shape index (κ1) is 24.1. The van der Waals surface area contributed by atoms with E-state index in [4.69, 9.17) is 11.6 Å². The van der Waals surface area contributed by atoms with Crippen LogP contribution in [0.1, 0.15) is 44.1 Å². The van der Waals surface area contributed by atoms with Crippen LogP contribution in [-0.4, -0.2) is 39.8 Å². The first-order valence-corrected chi connectivity index (χ1v) is 14.6. The molecule has 0 unspecified atom stereocenters. The van der Waals surface area contributed by atoms with Crippen LogP contribution in [0.5, 0.6) is 0 Å². The van der Waals surface area contributed by atoms with Gasteiger partial charge in [0, 0.05) is 29.2 Å². The first-order chi connectivity index (χ1) is 16.0. The molecule has 0 bridgehead atoms. The summed E-state index contributed by atoms with van der Waals surface area (Å²) in [5.41, 5.74) is -0.218. The predicted molar refractivity (Wildman–Crippen MR) is 124 cm³/mol. The fraction of sp³-hybridized carbons (Fsp3) is 0.478. The third kappa shape index (κ3) is 3.87. The van der Waals surface area contributed by atoms with Gasteiger partial charge in [-0.3, -0.25) is 0 Å². The Kier molecular flexibility index (Phi) is 6.04. The summed E-state index contributed by atoms with van der Waals surface area (Å²) in [4.78, 5) is -0.0359. The molecule has 0 amide bonds. The predicted octanol–water partition coefficient (Wildman–Crippen LogP) is 4.16. The third-order valence-corrected chi connectivity index (χ3v) is 12.0. The Hall–Kier alpha value is -1.59. The number of rotatable bonds is 4. The van der Waals surface area contributed by atoms with Crippen LogP contribution in [0.3, 0.4) is 0 Å². The van der Waals surface area contributed by atoms with E-state index in [9.17, 15) is 21.2 Å². The van der Waals surface area contributed by atoms with E-state index in [1.165, 1.54) is 28.6 Å². The molecule has 11 heteroatoms. The van der Waals surface area contributed by atoms with Crippen molar-refractivity contribution in [1.82, 2.24) is 9.03 Å². The molecule has 1 saturated heterocycles. The molecule has 1 N–H and O–H groups in total. The Bertz CT molecular complexity index is 1320. The molecular formula is C23H25ClF2N2O4S2. The van der Waals surface area contributed by atoms with Crippen molar-refractivity contribution < 1.29 is 25.6 Å². The first-order valence-electron chi connectivity index (χ1n) is 11.3. The molecule has 5 rings (SSSR count). The van der Waals surface area contributed by atoms with E-state index in [0.717, 1.165) is 37.5 Å². The van der Waals surface area contributed by atoms with Crippen LogP contribution in [-0.2, 0) is 24.8 Å². The van der Waals surface area contributed by atoms with E-state index in [2.05, 4.69) is 4.72 Å². The molecule has 0 radical (unpaired) electrons. The number of nitrogens with zero attached hydrogens (tertiary/aromatic N) is 1. The molecule has 0 spiro atoms. The highest BCUT2D eigenvalue weighted by atomic mass is 35.5. The molecule has 1 aliphatic heterocycles. The average Bonchev–Trinajstić information content (AvgIpc) is 2.74. The SMILES string of the molecule is O=S1(=O)N[C@H]2CC[C@@](c3cc(F)ccc3F)(S(=O)(=O)c3ccc(Cl)cc3)C[C@H]2CN1C1CCC1. The molecule has 2 saturated carbocycles. The summed E-state index contributed by atoms with van der Waals surface area (Å²) in [5, 5.41) is 0.353. The molecule has 0 aromatic heterocycles. The van der Waals surface area contributed by atoms with Gasteiger partial charge >= 0.3 is 0 Å². The lowest BCUT2D eigenvalue weighted by Gasteiger charge is -2.50. The Morgan fingerprint density at radius 3 is 2.41 bits per heavy atom. The van der Waals surface area contributed by atoms with Crippen LogP contribution in [0.25, 0.3) is 0 Å². The summed E-state index contributed by atoms with van der Waals surface area (Å²) in [6.45, 7) is 0.152. The zero-order valence-corrected chi connectivity index (χ0v) is 20.6. The number of fused-ring (bicyclic) bond motifs is 1. The van der Waals surface area contributed by atoms with Crippen LogP contribution in [0.2, 0.25) is 5.02 Å². The van der Waals surface area contributed by atoms with Crippen LogP contribution in [0.4, 0.5) is 8.78 Å². The minimum Gasteiger partial charge on any atom is -0.223 e. The Balaban J connectivity index is 1.61. The van der Waals surface area contributed by atoms with Gasteiger partial charge in [0.1, 0.15) is 16.4 Å². The number of hydrogen-bond acceptors (Lipinski definition) is 4. The van der Waals surface area contributed by atoms with Gasteiger partial charge in [-0.1, -0.05) is 18.0 Å². The number of benzene rings is 2. The summed E-state index contributed by atoms with van der Waals surface area (Å²) in [6.07, 6.45) is 2.55. The maximum atomic E-state index is 15.2. The zero-order valence-electron chi connectivity index (χ0n) is 18.3. The second-order valence-electron chi connectivity index (χ2n) is 9.46. The summed E-state index contributed by atoms with van der Waals surface area (Å²) in [5.74, 6) is -1.92. The molecule has 2 aliphatic carbocycles. The van der Waals surface area contributed by atoms with E-state index in [0.29, 0.717) is 5.02 Å². The largest absolute Gasteiger partial charge is 0.279 e. The van der Waals surface area contributed by atoms with Crippen molar-refractivity contribution in [3.05, 3.63) is 64.7 Å². The van der Waals surface area contributed by atoms with E-state index in [1.807, 2.05) is 0 Å². The van der Waals surface area contributed by atoms with Crippen LogP contribution < -0.4 is 4.72 Å². The zero-order chi connectivity index (χ0) is 24.3. The van der Waals surface area contributed by atoms with Crippen molar-refractivity contribution in [3.8, 4) is 0 Å². The molecule has 3 aliphatic rings. The number of nitrogens with one attached hydrogen (secondary N) is 1. The Morgan fingerprint density at radius 2 is 1.76 bits per heavy atom. The molecule has 3 atom stereocenters. The molecule has 2 aromatic carbocycles. The fourth-order valence-corrected chi connectivity index (χ4v) is 9.72. The van der Waals surface area contributed by atoms with Gasteiger partial charge in [0.25, 0.3) is 10.2 Å². The van der Waals surface area contributed by atoms with Crippen LogP contribution >= 0.6 is 11.6 Å². The lowest BCUT2D eigenvalue weighted by atomic mass is 9.74. The van der Waals surface area contributed by atoms with Crippen LogP contribution in [0, 0.1) is 17.6 Å². The topological polar surface area (TPSA) is 83.5 Å². The Morgan fingerprint density at radius 1 is 1.06 bits per heavy atom. The van der Waals surface area contributed by atoms with Gasteiger partial charge < -0.3 is 0 Å². The molecule has 1 heterocycles. The van der Waals surface area contributed by atoms with Gasteiger partial charge in [-0.05, 0) is 80.5 Å². The summed E-state index contributed by atoms with van der Waals surface area (Å²) in [6, 6.07) is 7.91. The molecular weight excluding hydrogens is 506 g/mol. The van der Waals surface area contributed by atoms with Crippen molar-refractivity contribution in [2.24, 2.45) is 5.92 Å². The maximum Gasteiger partial charge on any atom is 0.279 e. The van der Waals surface area contributed by atoms with Gasteiger partial charge in [0.15, 0.2) is 9.84 Å². The lowest BCUT2D eigenvalue weighted by molar-refractivity contribution is 0.126. The normalized spacial score (nSPS) is 29.9. The number of hydrogen-bond donors (Lipinski definition) is 1. The van der Waals surface area contributed by atoms with Crippen molar-refractivity contribution in [1.29, 1.82) is 0 Å². The Labute approximate surface area is 203 Å². The van der Waals surface area contributed by atoms with Gasteiger partial charge in [-0.2, -0.15) is 17.4 Å². The van der Waals surface area contributed by atoms with Crippen molar-refractivity contribution in [2.45, 2.75) is 60.3 Å². The molecule has 34 heavy (non-hydrogen) atoms. The van der Waals surface area contributed by atoms with Gasteiger partial charge in [-0.15, -0.1) is 0 Å². The minimum atomic E-state index is -4.20. The number of sulfone groups is 1. The monoisotopic (exact) mass is 530 g/mol. The maximum absolute atomic E-state index is 15.2. The fourth-order valence-electron chi connectivity index (χ4n) is 5.57. The minimum absolute atomic E-state index is 0.0330. The standard InChI is InChI=1S/C23H25ClF2N2O4S2/c24-16-4-7-19(8-5-16)33(29,30)23(20-12-17(25)6-9-21(20)26)11-10-22-15(13-23)14-28(18-2-1-3-18)34(31,32)27-22/h4-9,12,15,18,22,27H,1-3,10-11,13-14H2/t15-,22-,23+/m0/s1. The van der Waals surface area contributed by atoms with Crippen LogP contribution in [0.15, 0.2) is 47.4 Å². The second-order valence-corrected chi connectivity index (χ2v) is 13.8. The molecule has 6 nitrogen and oxygen atoms in total. The quantitative estimate of drug-likeness (QED) is 0.643. The van der Waals surface area contributed by atoms with Crippen molar-refractivity contribution in [3.63, 3.8) is 0 Å². The van der Waals surface area contributed by atoms with Gasteiger partial charge in [-0.25, -0.2) is 17.2 Å². The highest BCUT2D eigenvalue weighted by Gasteiger charge is 2.56. The van der Waals surface area contributed by atoms with Gasteiger partial charge in [0.05, 0.1) is 4.90 Å². The lowest BCUT2D eigenvalue weighted by Crippen LogP contribution is -2.63. The highest BCUT2D eigenvalue weighted by molar-refractivity contribution is 7.92. The summed E-state index contributed by atoms with van der Waals surface area (Å²) >= 11 is 5.95. The summed E-state index contributed by atoms with van der Waals surface area (Å²) < 4.78 is 85.7. The van der Waals surface area contributed by atoms with E-state index >= 15 is 4.39 Å². The van der Waals surface area contributed by atoms with E-state index < -0.39 is 42.5 Å². The molecule has 184 valence electrons. The van der Waals surface area contributed by atoms with Crippen molar-refractivity contribution in [2.75, 3.05) is 6.54 Å². The average molecular weight is 531 g/mol. The summed E-state index contributed by atoms with van der Waals surface area (Å²) in [7, 11) is -7.88.